The zero-order valence-corrected chi connectivity index (χ0v) is 15.4. The maximum absolute atomic E-state index is 5.79. The van der Waals surface area contributed by atoms with Crippen molar-refractivity contribution < 1.29 is 9.57 Å². The van der Waals surface area contributed by atoms with E-state index in [4.69, 9.17) is 9.57 Å². The molecule has 1 N–H and O–H groups in total. The number of oxime groups is 1. The van der Waals surface area contributed by atoms with Crippen LogP contribution in [0.5, 0.6) is 5.75 Å². The van der Waals surface area contributed by atoms with E-state index in [1.807, 2.05) is 57.3 Å². The fourth-order valence-electron chi connectivity index (χ4n) is 2.72. The molecule has 0 radical (unpaired) electrons. The molecule has 2 aromatic carbocycles. The summed E-state index contributed by atoms with van der Waals surface area (Å²) in [7, 11) is 3.49. The second-order valence-corrected chi connectivity index (χ2v) is 5.22. The Kier molecular flexibility index (Phi) is 7.23. The SMILES string of the molecule is CC.CNC/C=C/COc1ccc2c(c1)/C(=N/OC)c1ccccc1-2. The molecule has 0 bridgehead atoms. The number of nitrogens with zero attached hydrogens (tertiary/aromatic N) is 1. The Morgan fingerprint density at radius 3 is 2.40 bits per heavy atom. The van der Waals surface area contributed by atoms with Gasteiger partial charge in [0.2, 0.25) is 0 Å². The molecule has 4 nitrogen and oxygen atoms in total. The van der Waals surface area contributed by atoms with E-state index in [-0.39, 0.29) is 0 Å². The standard InChI is InChI=1S/C19H20N2O2.C2H6/c1-20-11-5-6-12-23-14-9-10-16-15-7-3-4-8-17(15)19(21-22-2)18(16)13-14;1-2/h3-10,13,20H,11-12H2,1-2H3;1-2H3/b6-5+,21-19+;. The third-order valence-electron chi connectivity index (χ3n) is 3.74. The van der Waals surface area contributed by atoms with Gasteiger partial charge < -0.3 is 14.9 Å². The first-order chi connectivity index (χ1) is 12.3. The van der Waals surface area contributed by atoms with Crippen LogP contribution in [0.4, 0.5) is 0 Å². The molecule has 0 spiro atoms. The molecule has 0 aliphatic heterocycles. The Morgan fingerprint density at radius 1 is 0.960 bits per heavy atom. The topological polar surface area (TPSA) is 42.8 Å². The first kappa shape index (κ1) is 18.7. The first-order valence-electron chi connectivity index (χ1n) is 8.63. The highest BCUT2D eigenvalue weighted by Crippen LogP contribution is 2.38. The Morgan fingerprint density at radius 2 is 1.68 bits per heavy atom. The molecule has 132 valence electrons. The van der Waals surface area contributed by atoms with Gasteiger partial charge in [0.1, 0.15) is 25.2 Å². The highest BCUT2D eigenvalue weighted by atomic mass is 16.6. The van der Waals surface area contributed by atoms with Crippen molar-refractivity contribution in [3.63, 3.8) is 0 Å². The number of nitrogens with one attached hydrogen (secondary N) is 1. The van der Waals surface area contributed by atoms with Crippen molar-refractivity contribution in [3.05, 3.63) is 65.7 Å². The third-order valence-corrected chi connectivity index (χ3v) is 3.74. The number of hydrogen-bond acceptors (Lipinski definition) is 4. The second-order valence-electron chi connectivity index (χ2n) is 5.22. The summed E-state index contributed by atoms with van der Waals surface area (Å²) in [5, 5.41) is 7.27. The molecular formula is C21H26N2O2. The van der Waals surface area contributed by atoms with Gasteiger partial charge in [0.05, 0.1) is 0 Å². The highest BCUT2D eigenvalue weighted by Gasteiger charge is 2.25. The predicted molar refractivity (Wildman–Crippen MR) is 104 cm³/mol. The average Bonchev–Trinajstić information content (AvgIpc) is 2.97. The molecule has 25 heavy (non-hydrogen) atoms. The number of ether oxygens (including phenoxy) is 1. The van der Waals surface area contributed by atoms with Crippen molar-refractivity contribution >= 4 is 5.71 Å². The lowest BCUT2D eigenvalue weighted by molar-refractivity contribution is 0.214. The summed E-state index contributed by atoms with van der Waals surface area (Å²) in [6.45, 7) is 5.39. The lowest BCUT2D eigenvalue weighted by Gasteiger charge is -2.06. The summed E-state index contributed by atoms with van der Waals surface area (Å²) in [5.74, 6) is 0.828. The molecule has 0 unspecified atom stereocenters. The predicted octanol–water partition coefficient (Wildman–Crippen LogP) is 4.25. The van der Waals surface area contributed by atoms with E-state index in [9.17, 15) is 0 Å². The summed E-state index contributed by atoms with van der Waals surface area (Å²) in [6, 6.07) is 14.3. The first-order valence-corrected chi connectivity index (χ1v) is 8.63. The number of benzene rings is 2. The maximum atomic E-state index is 5.79. The number of likely N-dealkylation sites (N-methyl/N-ethyl adjacent to an activating group) is 1. The minimum absolute atomic E-state index is 0.546. The molecule has 3 rings (SSSR count). The van der Waals surface area contributed by atoms with E-state index in [0.29, 0.717) is 6.61 Å². The van der Waals surface area contributed by atoms with E-state index in [1.165, 1.54) is 5.56 Å². The number of hydrogen-bond donors (Lipinski definition) is 1. The summed E-state index contributed by atoms with van der Waals surface area (Å²) in [4.78, 5) is 5.03. The van der Waals surface area contributed by atoms with Gasteiger partial charge in [-0.1, -0.05) is 55.4 Å². The minimum atomic E-state index is 0.546. The normalized spacial score (nSPS) is 13.2. The van der Waals surface area contributed by atoms with Crippen LogP contribution in [0.3, 0.4) is 0 Å². The molecule has 0 atom stereocenters. The zero-order chi connectivity index (χ0) is 18.1. The van der Waals surface area contributed by atoms with Crippen LogP contribution < -0.4 is 10.1 Å². The summed E-state index contributed by atoms with van der Waals surface area (Å²) >= 11 is 0. The van der Waals surface area contributed by atoms with Crippen LogP contribution in [-0.4, -0.2) is 33.0 Å². The van der Waals surface area contributed by atoms with Crippen molar-refractivity contribution in [2.75, 3.05) is 27.3 Å². The van der Waals surface area contributed by atoms with Crippen LogP contribution in [-0.2, 0) is 4.84 Å². The van der Waals surface area contributed by atoms with E-state index < -0.39 is 0 Å². The van der Waals surface area contributed by atoms with Gasteiger partial charge in [0.15, 0.2) is 0 Å². The molecule has 0 fully saturated rings. The Labute approximate surface area is 150 Å². The third kappa shape index (κ3) is 4.28. The average molecular weight is 338 g/mol. The fourth-order valence-corrected chi connectivity index (χ4v) is 2.72. The van der Waals surface area contributed by atoms with E-state index in [1.54, 1.807) is 7.11 Å². The van der Waals surface area contributed by atoms with Gasteiger partial charge in [-0.05, 0) is 36.4 Å². The summed E-state index contributed by atoms with van der Waals surface area (Å²) in [5.41, 5.74) is 5.34. The monoisotopic (exact) mass is 338 g/mol. The van der Waals surface area contributed by atoms with Gasteiger partial charge in [-0.2, -0.15) is 0 Å². The lowest BCUT2D eigenvalue weighted by Crippen LogP contribution is -2.05. The van der Waals surface area contributed by atoms with Crippen molar-refractivity contribution in [3.8, 4) is 16.9 Å². The van der Waals surface area contributed by atoms with Crippen LogP contribution in [0.1, 0.15) is 25.0 Å². The molecule has 4 heteroatoms. The molecule has 2 aromatic rings. The molecule has 0 heterocycles. The van der Waals surface area contributed by atoms with Crippen LogP contribution in [0.2, 0.25) is 0 Å². The Hall–Kier alpha value is -2.59. The van der Waals surface area contributed by atoms with Crippen LogP contribution in [0.15, 0.2) is 59.8 Å². The van der Waals surface area contributed by atoms with Crippen LogP contribution in [0, 0.1) is 0 Å². The Bertz CT molecular complexity index is 751. The van der Waals surface area contributed by atoms with E-state index in [2.05, 4.69) is 28.7 Å². The van der Waals surface area contributed by atoms with Crippen molar-refractivity contribution in [1.29, 1.82) is 0 Å². The maximum Gasteiger partial charge on any atom is 0.120 e. The molecule has 1 aliphatic rings. The van der Waals surface area contributed by atoms with Crippen molar-refractivity contribution in [2.24, 2.45) is 5.16 Å². The molecule has 0 aromatic heterocycles. The van der Waals surface area contributed by atoms with E-state index in [0.717, 1.165) is 34.7 Å². The van der Waals surface area contributed by atoms with E-state index >= 15 is 0 Å². The zero-order valence-electron chi connectivity index (χ0n) is 15.4. The summed E-state index contributed by atoms with van der Waals surface area (Å²) < 4.78 is 5.79. The quantitative estimate of drug-likeness (QED) is 0.540. The van der Waals surface area contributed by atoms with Gasteiger partial charge in [0, 0.05) is 17.7 Å². The van der Waals surface area contributed by atoms with Gasteiger partial charge in [-0.25, -0.2) is 0 Å². The molecule has 1 aliphatic carbocycles. The summed E-state index contributed by atoms with van der Waals surface area (Å²) in [6.07, 6.45) is 4.05. The largest absolute Gasteiger partial charge is 0.490 e. The van der Waals surface area contributed by atoms with Crippen molar-refractivity contribution in [1.82, 2.24) is 5.32 Å². The lowest BCUT2D eigenvalue weighted by atomic mass is 10.1. The smallest absolute Gasteiger partial charge is 0.120 e. The molecule has 0 saturated carbocycles. The molecular weight excluding hydrogens is 312 g/mol. The number of rotatable bonds is 6. The molecule has 0 amide bonds. The number of fused-ring (bicyclic) bond motifs is 3. The Balaban J connectivity index is 0.00000109. The van der Waals surface area contributed by atoms with Gasteiger partial charge >= 0.3 is 0 Å². The minimum Gasteiger partial charge on any atom is -0.490 e. The fraction of sp³-hybridized carbons (Fsp3) is 0.286. The molecule has 0 saturated heterocycles. The van der Waals surface area contributed by atoms with Gasteiger partial charge in [-0.3, -0.25) is 0 Å². The second kappa shape index (κ2) is 9.64. The van der Waals surface area contributed by atoms with Crippen LogP contribution >= 0.6 is 0 Å². The van der Waals surface area contributed by atoms with Crippen molar-refractivity contribution in [2.45, 2.75) is 13.8 Å². The van der Waals surface area contributed by atoms with Gasteiger partial charge in [0.25, 0.3) is 0 Å². The van der Waals surface area contributed by atoms with Crippen LogP contribution in [0.25, 0.3) is 11.1 Å². The highest BCUT2D eigenvalue weighted by molar-refractivity contribution is 6.24. The van der Waals surface area contributed by atoms with Gasteiger partial charge in [-0.15, -0.1) is 0 Å².